The first-order valence-electron chi connectivity index (χ1n) is 7.18. The number of ether oxygens (including phenoxy) is 2. The van der Waals surface area contributed by atoms with Gasteiger partial charge in [-0.2, -0.15) is 0 Å². The first-order chi connectivity index (χ1) is 10.1. The Morgan fingerprint density at radius 2 is 1.67 bits per heavy atom. The van der Waals surface area contributed by atoms with Crippen molar-refractivity contribution in [3.05, 3.63) is 34.3 Å². The van der Waals surface area contributed by atoms with Gasteiger partial charge in [0.1, 0.15) is 0 Å². The van der Waals surface area contributed by atoms with Gasteiger partial charge in [0.25, 0.3) is 0 Å². The third kappa shape index (κ3) is 7.85. The molecule has 1 aromatic carbocycles. The number of carbonyl (C=O) groups is 2. The number of hydrogen-bond donors (Lipinski definition) is 0. The van der Waals surface area contributed by atoms with Crippen molar-refractivity contribution < 1.29 is 19.1 Å². The summed E-state index contributed by atoms with van der Waals surface area (Å²) in [6, 6.07) is 7.84. The lowest BCUT2D eigenvalue weighted by atomic mass is 10.2. The van der Waals surface area contributed by atoms with Crippen molar-refractivity contribution in [2.24, 2.45) is 0 Å². The molecular formula is C16H21BrO4. The van der Waals surface area contributed by atoms with E-state index >= 15 is 0 Å². The number of hydrogen-bond acceptors (Lipinski definition) is 4. The molecule has 0 saturated heterocycles. The van der Waals surface area contributed by atoms with E-state index in [2.05, 4.69) is 15.9 Å². The molecule has 0 aliphatic heterocycles. The average Bonchev–Trinajstić information content (AvgIpc) is 2.47. The zero-order valence-electron chi connectivity index (χ0n) is 12.3. The number of rotatable bonds is 9. The fourth-order valence-corrected chi connectivity index (χ4v) is 2.20. The summed E-state index contributed by atoms with van der Waals surface area (Å²) in [6.07, 6.45) is 2.46. The van der Waals surface area contributed by atoms with E-state index in [9.17, 15) is 9.59 Å². The quantitative estimate of drug-likeness (QED) is 0.633. The van der Waals surface area contributed by atoms with E-state index in [0.29, 0.717) is 26.1 Å². The van der Waals surface area contributed by atoms with Crippen LogP contribution in [-0.4, -0.2) is 25.2 Å². The minimum absolute atomic E-state index is 0.247. The number of carbonyl (C=O) groups excluding carboxylic acids is 2. The van der Waals surface area contributed by atoms with E-state index in [1.165, 1.54) is 0 Å². The summed E-state index contributed by atoms with van der Waals surface area (Å²) in [4.78, 5) is 22.8. The standard InChI is InChI=1S/C16H21BrO4/c1-2-11-20-15(18)8-5-9-16(19)21-12-10-13-6-3-4-7-14(13)17/h3-4,6-7H,2,5,8-12H2,1H3. The van der Waals surface area contributed by atoms with E-state index in [1.807, 2.05) is 31.2 Å². The monoisotopic (exact) mass is 356 g/mol. The molecule has 0 fully saturated rings. The van der Waals surface area contributed by atoms with Crippen molar-refractivity contribution in [1.82, 2.24) is 0 Å². The van der Waals surface area contributed by atoms with Crippen LogP contribution in [0, 0.1) is 0 Å². The minimum atomic E-state index is -0.273. The molecule has 5 heteroatoms. The Morgan fingerprint density at radius 1 is 1.05 bits per heavy atom. The van der Waals surface area contributed by atoms with Gasteiger partial charge in [-0.25, -0.2) is 0 Å². The van der Waals surface area contributed by atoms with E-state index in [0.717, 1.165) is 16.5 Å². The van der Waals surface area contributed by atoms with Crippen molar-refractivity contribution in [2.75, 3.05) is 13.2 Å². The van der Waals surface area contributed by atoms with Crippen LogP contribution in [0.5, 0.6) is 0 Å². The van der Waals surface area contributed by atoms with Crippen LogP contribution in [-0.2, 0) is 25.5 Å². The highest BCUT2D eigenvalue weighted by Gasteiger charge is 2.07. The largest absolute Gasteiger partial charge is 0.466 e. The van der Waals surface area contributed by atoms with Crippen LogP contribution in [0.25, 0.3) is 0 Å². The van der Waals surface area contributed by atoms with Crippen LogP contribution in [0.2, 0.25) is 0 Å². The number of benzene rings is 1. The molecule has 4 nitrogen and oxygen atoms in total. The van der Waals surface area contributed by atoms with E-state index in [1.54, 1.807) is 0 Å². The molecule has 0 aliphatic rings. The van der Waals surface area contributed by atoms with Crippen LogP contribution < -0.4 is 0 Å². The van der Waals surface area contributed by atoms with Crippen LogP contribution in [0.4, 0.5) is 0 Å². The summed E-state index contributed by atoms with van der Waals surface area (Å²) in [5.41, 5.74) is 1.11. The van der Waals surface area contributed by atoms with Gasteiger partial charge in [0.05, 0.1) is 13.2 Å². The zero-order chi connectivity index (χ0) is 15.5. The second-order valence-corrected chi connectivity index (χ2v) is 5.49. The lowest BCUT2D eigenvalue weighted by Gasteiger charge is -2.06. The highest BCUT2D eigenvalue weighted by atomic mass is 79.9. The van der Waals surface area contributed by atoms with Crippen molar-refractivity contribution in [1.29, 1.82) is 0 Å². The van der Waals surface area contributed by atoms with Crippen LogP contribution in [0.1, 0.15) is 38.2 Å². The molecule has 1 rings (SSSR count). The van der Waals surface area contributed by atoms with Crippen molar-refractivity contribution in [3.63, 3.8) is 0 Å². The summed E-state index contributed by atoms with van der Waals surface area (Å²) >= 11 is 3.45. The Hall–Kier alpha value is -1.36. The highest BCUT2D eigenvalue weighted by molar-refractivity contribution is 9.10. The second-order valence-electron chi connectivity index (χ2n) is 4.64. The normalized spacial score (nSPS) is 10.2. The molecular weight excluding hydrogens is 336 g/mol. The summed E-state index contributed by atoms with van der Waals surface area (Å²) < 4.78 is 11.1. The SMILES string of the molecule is CCCOC(=O)CCCC(=O)OCCc1ccccc1Br. The Balaban J connectivity index is 2.12. The number of esters is 2. The smallest absolute Gasteiger partial charge is 0.305 e. The minimum Gasteiger partial charge on any atom is -0.466 e. The van der Waals surface area contributed by atoms with E-state index in [-0.39, 0.29) is 24.8 Å². The van der Waals surface area contributed by atoms with Gasteiger partial charge in [0.2, 0.25) is 0 Å². The molecule has 0 unspecified atom stereocenters. The molecule has 0 aliphatic carbocycles. The predicted octanol–water partition coefficient (Wildman–Crippen LogP) is 3.66. The van der Waals surface area contributed by atoms with Gasteiger partial charge in [-0.05, 0) is 24.5 Å². The van der Waals surface area contributed by atoms with Crippen molar-refractivity contribution in [3.8, 4) is 0 Å². The van der Waals surface area contributed by atoms with Crippen molar-refractivity contribution >= 4 is 27.9 Å². The summed E-state index contributed by atoms with van der Waals surface area (Å²) in [6.45, 7) is 2.73. The Labute approximate surface area is 133 Å². The van der Waals surface area contributed by atoms with E-state index in [4.69, 9.17) is 9.47 Å². The van der Waals surface area contributed by atoms with Gasteiger partial charge in [0.15, 0.2) is 0 Å². The first kappa shape index (κ1) is 17.7. The summed E-state index contributed by atoms with van der Waals surface area (Å²) in [5.74, 6) is -0.525. The third-order valence-electron chi connectivity index (χ3n) is 2.82. The Bertz CT molecular complexity index is 459. The fraction of sp³-hybridized carbons (Fsp3) is 0.500. The molecule has 1 aromatic rings. The maximum absolute atomic E-state index is 11.5. The van der Waals surface area contributed by atoms with Gasteiger partial charge < -0.3 is 9.47 Å². The van der Waals surface area contributed by atoms with Crippen LogP contribution >= 0.6 is 15.9 Å². The fourth-order valence-electron chi connectivity index (χ4n) is 1.71. The van der Waals surface area contributed by atoms with E-state index < -0.39 is 0 Å². The maximum atomic E-state index is 11.5. The second kappa shape index (κ2) is 10.4. The zero-order valence-corrected chi connectivity index (χ0v) is 13.9. The molecule has 0 spiro atoms. The molecule has 0 heterocycles. The molecule has 0 bridgehead atoms. The molecule has 0 aromatic heterocycles. The van der Waals surface area contributed by atoms with Gasteiger partial charge >= 0.3 is 11.9 Å². The topological polar surface area (TPSA) is 52.6 Å². The molecule has 116 valence electrons. The molecule has 0 saturated carbocycles. The molecule has 0 N–H and O–H groups in total. The maximum Gasteiger partial charge on any atom is 0.305 e. The molecule has 0 atom stereocenters. The van der Waals surface area contributed by atoms with Gasteiger partial charge in [-0.15, -0.1) is 0 Å². The van der Waals surface area contributed by atoms with Crippen molar-refractivity contribution in [2.45, 2.75) is 39.0 Å². The predicted molar refractivity (Wildman–Crippen MR) is 83.9 cm³/mol. The molecule has 0 amide bonds. The summed E-state index contributed by atoms with van der Waals surface area (Å²) in [5, 5.41) is 0. The van der Waals surface area contributed by atoms with Crippen LogP contribution in [0.15, 0.2) is 28.7 Å². The van der Waals surface area contributed by atoms with Gasteiger partial charge in [-0.3, -0.25) is 9.59 Å². The molecule has 0 radical (unpaired) electrons. The van der Waals surface area contributed by atoms with Crippen LogP contribution in [0.3, 0.4) is 0 Å². The Kier molecular flexibility index (Phi) is 8.74. The average molecular weight is 357 g/mol. The number of halogens is 1. The van der Waals surface area contributed by atoms with Gasteiger partial charge in [-0.1, -0.05) is 41.1 Å². The Morgan fingerprint density at radius 3 is 2.29 bits per heavy atom. The summed E-state index contributed by atoms with van der Waals surface area (Å²) in [7, 11) is 0. The highest BCUT2D eigenvalue weighted by Crippen LogP contribution is 2.16. The first-order valence-corrected chi connectivity index (χ1v) is 7.97. The molecule has 21 heavy (non-hydrogen) atoms. The van der Waals surface area contributed by atoms with Gasteiger partial charge in [0, 0.05) is 23.7 Å². The lowest BCUT2D eigenvalue weighted by molar-refractivity contribution is -0.145. The lowest BCUT2D eigenvalue weighted by Crippen LogP contribution is -2.10. The third-order valence-corrected chi connectivity index (χ3v) is 3.59.